The number of hydrogen-bond acceptors (Lipinski definition) is 1. The molecule has 4 saturated carbocycles. The minimum Gasteiger partial charge on any atom is -0.393 e. The fraction of sp³-hybridized carbons (Fsp3) is 1.00. The van der Waals surface area contributed by atoms with Gasteiger partial charge in [-0.25, -0.2) is 0 Å². The third-order valence-electron chi connectivity index (χ3n) is 9.20. The first-order valence-electron chi connectivity index (χ1n) is 10.3. The predicted octanol–water partition coefficient (Wildman–Crippen LogP) is 5.66. The number of hydrogen-bond donors (Lipinski definition) is 1. The lowest BCUT2D eigenvalue weighted by Crippen LogP contribution is -2.54. The molecule has 0 radical (unpaired) electrons. The summed E-state index contributed by atoms with van der Waals surface area (Å²) in [6.07, 6.45) is 11.0. The third-order valence-corrected chi connectivity index (χ3v) is 9.20. The molecule has 0 bridgehead atoms. The molecule has 0 aromatic rings. The largest absolute Gasteiger partial charge is 0.393 e. The highest BCUT2D eigenvalue weighted by Crippen LogP contribution is 2.68. The van der Waals surface area contributed by atoms with Gasteiger partial charge in [-0.1, -0.05) is 34.6 Å². The molecule has 4 aliphatic rings. The predicted molar refractivity (Wildman–Crippen MR) is 96.1 cm³/mol. The number of aliphatic hydroxyl groups excluding tert-OH is 1. The summed E-state index contributed by atoms with van der Waals surface area (Å²) in [5.74, 6) is 4.17. The van der Waals surface area contributed by atoms with Crippen LogP contribution in [-0.4, -0.2) is 11.2 Å². The van der Waals surface area contributed by atoms with E-state index in [0.29, 0.717) is 22.2 Å². The molecule has 1 heteroatoms. The van der Waals surface area contributed by atoms with E-state index >= 15 is 0 Å². The van der Waals surface area contributed by atoms with Crippen LogP contribution in [0.1, 0.15) is 86.0 Å². The molecule has 1 nitrogen and oxygen atoms in total. The van der Waals surface area contributed by atoms with Crippen molar-refractivity contribution in [2.75, 3.05) is 0 Å². The fourth-order valence-electron chi connectivity index (χ4n) is 8.27. The molecule has 0 aliphatic heterocycles. The van der Waals surface area contributed by atoms with Crippen LogP contribution in [0.5, 0.6) is 0 Å². The third kappa shape index (κ3) is 2.35. The SMILES string of the molecule is CC1CC2CC[C@@H]3[C@@H](CC[C@]4(C)CC(C)(C)C[C@@H]34)[C@@]2(C)CC1O. The summed E-state index contributed by atoms with van der Waals surface area (Å²) in [4.78, 5) is 0. The zero-order valence-corrected chi connectivity index (χ0v) is 16.1. The summed E-state index contributed by atoms with van der Waals surface area (Å²) in [6.45, 7) is 12.4. The van der Waals surface area contributed by atoms with Crippen LogP contribution < -0.4 is 0 Å². The van der Waals surface area contributed by atoms with Crippen LogP contribution in [0, 0.1) is 45.8 Å². The van der Waals surface area contributed by atoms with Crippen LogP contribution in [0.2, 0.25) is 0 Å². The van der Waals surface area contributed by atoms with Gasteiger partial charge in [-0.15, -0.1) is 0 Å². The highest BCUT2D eigenvalue weighted by Gasteiger charge is 2.60. The Morgan fingerprint density at radius 3 is 2.39 bits per heavy atom. The lowest BCUT2D eigenvalue weighted by Gasteiger charge is -2.61. The van der Waals surface area contributed by atoms with Crippen molar-refractivity contribution in [3.8, 4) is 0 Å². The Hall–Kier alpha value is -0.0400. The minimum atomic E-state index is -0.0525. The van der Waals surface area contributed by atoms with E-state index in [4.69, 9.17) is 0 Å². The maximum Gasteiger partial charge on any atom is 0.0571 e. The van der Waals surface area contributed by atoms with Crippen LogP contribution in [0.4, 0.5) is 0 Å². The summed E-state index contributed by atoms with van der Waals surface area (Å²) in [5, 5.41) is 10.6. The topological polar surface area (TPSA) is 20.2 Å². The van der Waals surface area contributed by atoms with Crippen molar-refractivity contribution in [1.82, 2.24) is 0 Å². The van der Waals surface area contributed by atoms with Gasteiger partial charge < -0.3 is 5.11 Å². The molecule has 0 aromatic heterocycles. The Kier molecular flexibility index (Phi) is 3.57. The van der Waals surface area contributed by atoms with Crippen LogP contribution in [-0.2, 0) is 0 Å². The molecule has 23 heavy (non-hydrogen) atoms. The van der Waals surface area contributed by atoms with Gasteiger partial charge in [0.15, 0.2) is 0 Å². The molecule has 4 fully saturated rings. The van der Waals surface area contributed by atoms with Crippen LogP contribution >= 0.6 is 0 Å². The van der Waals surface area contributed by atoms with Crippen molar-refractivity contribution < 1.29 is 5.11 Å². The molecule has 4 aliphatic carbocycles. The lowest BCUT2D eigenvalue weighted by atomic mass is 9.44. The summed E-state index contributed by atoms with van der Waals surface area (Å²) in [5.41, 5.74) is 1.57. The van der Waals surface area contributed by atoms with E-state index in [2.05, 4.69) is 34.6 Å². The van der Waals surface area contributed by atoms with E-state index in [0.717, 1.165) is 30.1 Å². The molecule has 0 heterocycles. The molecular weight excluding hydrogens is 280 g/mol. The fourth-order valence-corrected chi connectivity index (χ4v) is 8.27. The van der Waals surface area contributed by atoms with Gasteiger partial charge >= 0.3 is 0 Å². The van der Waals surface area contributed by atoms with Gasteiger partial charge in [0.1, 0.15) is 0 Å². The van der Waals surface area contributed by atoms with E-state index in [9.17, 15) is 5.11 Å². The lowest BCUT2D eigenvalue weighted by molar-refractivity contribution is -0.137. The van der Waals surface area contributed by atoms with E-state index in [-0.39, 0.29) is 6.10 Å². The van der Waals surface area contributed by atoms with Crippen LogP contribution in [0.25, 0.3) is 0 Å². The van der Waals surface area contributed by atoms with Gasteiger partial charge in [0, 0.05) is 0 Å². The molecule has 1 N–H and O–H groups in total. The van der Waals surface area contributed by atoms with E-state index in [1.54, 1.807) is 0 Å². The van der Waals surface area contributed by atoms with Crippen LogP contribution in [0.3, 0.4) is 0 Å². The monoisotopic (exact) mass is 318 g/mol. The maximum absolute atomic E-state index is 10.6. The second kappa shape index (κ2) is 4.99. The van der Waals surface area contributed by atoms with E-state index in [1.165, 1.54) is 44.9 Å². The summed E-state index contributed by atoms with van der Waals surface area (Å²) < 4.78 is 0. The molecule has 0 saturated heterocycles. The average molecular weight is 319 g/mol. The summed E-state index contributed by atoms with van der Waals surface area (Å²) in [6, 6.07) is 0. The van der Waals surface area contributed by atoms with E-state index < -0.39 is 0 Å². The number of rotatable bonds is 0. The van der Waals surface area contributed by atoms with Crippen molar-refractivity contribution in [2.45, 2.75) is 92.1 Å². The first-order chi connectivity index (χ1) is 10.6. The van der Waals surface area contributed by atoms with Crippen molar-refractivity contribution >= 4 is 0 Å². The molecule has 0 aromatic carbocycles. The summed E-state index contributed by atoms with van der Waals surface area (Å²) >= 11 is 0. The second-order valence-corrected chi connectivity index (χ2v) is 11.4. The van der Waals surface area contributed by atoms with Gasteiger partial charge in [-0.05, 0) is 97.2 Å². The number of fused-ring (bicyclic) bond motifs is 5. The van der Waals surface area contributed by atoms with E-state index in [1.807, 2.05) is 0 Å². The van der Waals surface area contributed by atoms with Gasteiger partial charge in [0.2, 0.25) is 0 Å². The zero-order chi connectivity index (χ0) is 16.6. The molecule has 3 unspecified atom stereocenters. The maximum atomic E-state index is 10.6. The van der Waals surface area contributed by atoms with Crippen molar-refractivity contribution in [2.24, 2.45) is 45.8 Å². The molecule has 0 spiro atoms. The smallest absolute Gasteiger partial charge is 0.0571 e. The first-order valence-corrected chi connectivity index (χ1v) is 10.3. The second-order valence-electron chi connectivity index (χ2n) is 11.4. The standard InChI is InChI=1S/C22H38O/c1-14-10-15-6-7-16-17(22(15,5)12-19(14)23)8-9-21(4)13-20(2,3)11-18(16)21/h14-19,23H,6-13H2,1-5H3/t14?,15?,16-,17-,18+,19?,21-,22+/m1/s1. The van der Waals surface area contributed by atoms with Crippen LogP contribution in [0.15, 0.2) is 0 Å². The molecule has 8 atom stereocenters. The molecule has 132 valence electrons. The minimum absolute atomic E-state index is 0.0525. The van der Waals surface area contributed by atoms with Gasteiger partial charge in [-0.2, -0.15) is 0 Å². The normalized spacial score (nSPS) is 58.2. The molecule has 4 rings (SSSR count). The highest BCUT2D eigenvalue weighted by atomic mass is 16.3. The van der Waals surface area contributed by atoms with Gasteiger partial charge in [0.05, 0.1) is 6.10 Å². The molecule has 0 amide bonds. The number of aliphatic hydroxyl groups is 1. The highest BCUT2D eigenvalue weighted by molar-refractivity contribution is 5.10. The molecular formula is C22H38O. The Bertz CT molecular complexity index is 482. The quantitative estimate of drug-likeness (QED) is 0.611. The first kappa shape index (κ1) is 16.4. The summed E-state index contributed by atoms with van der Waals surface area (Å²) in [7, 11) is 0. The zero-order valence-electron chi connectivity index (χ0n) is 16.1. The average Bonchev–Trinajstić information content (AvgIpc) is 2.69. The Labute approximate surface area is 143 Å². The van der Waals surface area contributed by atoms with Crippen molar-refractivity contribution in [3.63, 3.8) is 0 Å². The Morgan fingerprint density at radius 2 is 1.65 bits per heavy atom. The Morgan fingerprint density at radius 1 is 0.913 bits per heavy atom. The van der Waals surface area contributed by atoms with Gasteiger partial charge in [-0.3, -0.25) is 0 Å². The van der Waals surface area contributed by atoms with Crippen molar-refractivity contribution in [3.05, 3.63) is 0 Å². The Balaban J connectivity index is 1.64. The van der Waals surface area contributed by atoms with Crippen molar-refractivity contribution in [1.29, 1.82) is 0 Å². The van der Waals surface area contributed by atoms with Gasteiger partial charge in [0.25, 0.3) is 0 Å².